The van der Waals surface area contributed by atoms with E-state index in [1.165, 1.54) is 14.0 Å². The second-order valence-corrected chi connectivity index (χ2v) is 17.8. The quantitative estimate of drug-likeness (QED) is 0.108. The highest BCUT2D eigenvalue weighted by Gasteiger charge is 2.77. The largest absolute Gasteiger partial charge is 0.504 e. The Balaban J connectivity index is 1.23. The number of carbonyl (C=O) groups excluding carboxylic acids is 2. The van der Waals surface area contributed by atoms with Crippen molar-refractivity contribution in [3.05, 3.63) is 75.0 Å². The number of nitrogens with one attached hydrogen (secondary N) is 2. The van der Waals surface area contributed by atoms with Crippen LogP contribution < -0.4 is 24.3 Å². The number of aromatic nitrogens is 1. The number of aromatic amines is 1. The maximum Gasteiger partial charge on any atom is 0.460 e. The van der Waals surface area contributed by atoms with E-state index in [9.17, 15) is 41.8 Å². The van der Waals surface area contributed by atoms with Crippen LogP contribution in [0.3, 0.4) is 0 Å². The number of para-hydroxylation sites is 1. The van der Waals surface area contributed by atoms with Gasteiger partial charge in [-0.05, 0) is 56.5 Å². The number of hydrogen-bond acceptors (Lipinski definition) is 13. The zero-order valence-electron chi connectivity index (χ0n) is 33.8. The maximum atomic E-state index is 15.3. The lowest BCUT2D eigenvalue weighted by molar-refractivity contribution is -0.346. The highest BCUT2D eigenvalue weighted by atomic mass is 32.2. The summed E-state index contributed by atoms with van der Waals surface area (Å²) in [5.41, 5.74) is 1.72. The molecule has 11 rings (SSSR count). The van der Waals surface area contributed by atoms with Gasteiger partial charge in [0.1, 0.15) is 18.6 Å². The van der Waals surface area contributed by atoms with E-state index in [1.54, 1.807) is 18.9 Å². The van der Waals surface area contributed by atoms with Crippen LogP contribution in [0.5, 0.6) is 28.7 Å². The van der Waals surface area contributed by atoms with Crippen LogP contribution in [-0.4, -0.2) is 113 Å². The lowest BCUT2D eigenvalue weighted by atomic mass is 9.73. The Bertz CT molecular complexity index is 2630. The first-order chi connectivity index (χ1) is 29.8. The minimum absolute atomic E-state index is 0.00908. The van der Waals surface area contributed by atoms with Crippen LogP contribution >= 0.6 is 11.8 Å². The number of thioether (sulfide) groups is 1. The van der Waals surface area contributed by atoms with Crippen LogP contribution in [0.1, 0.15) is 62.0 Å². The molecular weight excluding hydrogens is 870 g/mol. The van der Waals surface area contributed by atoms with Crippen LogP contribution in [0.2, 0.25) is 0 Å². The number of fused-ring (bicyclic) bond motifs is 11. The molecule has 4 aromatic rings. The summed E-state index contributed by atoms with van der Waals surface area (Å²) in [5, 5.41) is 27.6. The Morgan fingerprint density at radius 1 is 1.02 bits per heavy atom. The monoisotopic (exact) mass is 908 g/mol. The normalized spacial score (nSPS) is 28.0. The molecule has 7 aliphatic rings. The van der Waals surface area contributed by atoms with Crippen molar-refractivity contribution >= 4 is 34.6 Å². The molecule has 7 aliphatic heterocycles. The van der Waals surface area contributed by atoms with Gasteiger partial charge in [0.15, 0.2) is 28.5 Å². The molecule has 4 N–H and O–H groups in total. The van der Waals surface area contributed by atoms with Gasteiger partial charge >= 0.3 is 30.0 Å². The number of piperazine rings is 1. The average Bonchev–Trinajstić information content (AvgIpc) is 3.88. The van der Waals surface area contributed by atoms with Crippen molar-refractivity contribution in [2.24, 2.45) is 0 Å². The number of aliphatic hydroxyl groups excluding tert-OH is 1. The van der Waals surface area contributed by atoms with E-state index in [-0.39, 0.29) is 51.9 Å². The van der Waals surface area contributed by atoms with Crippen molar-refractivity contribution in [1.82, 2.24) is 20.1 Å². The lowest BCUT2D eigenvalue weighted by Crippen LogP contribution is -2.70. The molecule has 0 amide bonds. The van der Waals surface area contributed by atoms with Crippen molar-refractivity contribution < 1.29 is 74.2 Å². The van der Waals surface area contributed by atoms with Crippen molar-refractivity contribution in [3.8, 4) is 28.7 Å². The standard InChI is InChI=1S/C42H39F7N4O9S/c1-16-11-18-12-22-36(55)53-23-13-59-37(56)39(35-20(9-10-50-39)19-7-5-6-8-21(19)51-35)14-63-34(28(53)27(52(22)3)24(18)29(54)30(16)58-4)26-25(23)33-32(60-15-61-33)17(2)31(26)62-38(57)40(43,44)41(45,46)42(47,48)49/h5-8,11,22-23,27-28,34,36,50-51,54-55H,9-10,12-15H2,1-4H3/t22-,23-,27+,28?,34+,36-,39+/m0/s1. The fraction of sp³-hybridized carbons (Fsp3) is 0.476. The van der Waals surface area contributed by atoms with Crippen molar-refractivity contribution in [2.45, 2.75) is 85.9 Å². The number of nitrogens with zero attached hydrogens (tertiary/aromatic N) is 2. The van der Waals surface area contributed by atoms with Crippen molar-refractivity contribution in [3.63, 3.8) is 0 Å². The molecule has 63 heavy (non-hydrogen) atoms. The number of carbonyl (C=O) groups is 2. The zero-order valence-corrected chi connectivity index (χ0v) is 34.6. The van der Waals surface area contributed by atoms with Crippen LogP contribution in [-0.2, 0) is 32.7 Å². The molecule has 0 aliphatic carbocycles. The first-order valence-electron chi connectivity index (χ1n) is 20.0. The molecule has 3 aromatic carbocycles. The minimum Gasteiger partial charge on any atom is -0.504 e. The Labute approximate surface area is 357 Å². The van der Waals surface area contributed by atoms with E-state index in [2.05, 4.69) is 10.3 Å². The average molecular weight is 909 g/mol. The molecule has 7 atom stereocenters. The number of hydrogen-bond donors (Lipinski definition) is 4. The molecule has 1 unspecified atom stereocenters. The molecular formula is C42H39F7N4O9S. The molecule has 1 aromatic heterocycles. The van der Waals surface area contributed by atoms with Crippen molar-refractivity contribution in [1.29, 1.82) is 0 Å². The third kappa shape index (κ3) is 5.58. The van der Waals surface area contributed by atoms with Gasteiger partial charge in [-0.15, -0.1) is 11.8 Å². The van der Waals surface area contributed by atoms with E-state index in [1.807, 2.05) is 35.2 Å². The van der Waals surface area contributed by atoms with Gasteiger partial charge in [-0.3, -0.25) is 15.1 Å². The molecule has 13 nitrogen and oxygen atoms in total. The molecule has 8 heterocycles. The molecule has 1 spiro atoms. The number of esters is 2. The molecule has 336 valence electrons. The predicted octanol–water partition coefficient (Wildman–Crippen LogP) is 5.99. The van der Waals surface area contributed by atoms with Gasteiger partial charge in [0, 0.05) is 51.5 Å². The van der Waals surface area contributed by atoms with Crippen LogP contribution in [0.25, 0.3) is 10.9 Å². The summed E-state index contributed by atoms with van der Waals surface area (Å²) in [6.45, 7) is 2.26. The van der Waals surface area contributed by atoms with Gasteiger partial charge in [-0.25, -0.2) is 9.59 Å². The Hall–Kier alpha value is -4.96. The smallest absolute Gasteiger partial charge is 0.460 e. The summed E-state index contributed by atoms with van der Waals surface area (Å²) in [6, 6.07) is 5.31. The van der Waals surface area contributed by atoms with E-state index in [4.69, 9.17) is 23.7 Å². The summed E-state index contributed by atoms with van der Waals surface area (Å²) < 4.78 is 129. The Morgan fingerprint density at radius 3 is 2.48 bits per heavy atom. The summed E-state index contributed by atoms with van der Waals surface area (Å²) in [7, 11) is 3.10. The topological polar surface area (TPSA) is 155 Å². The molecule has 2 saturated heterocycles. The van der Waals surface area contributed by atoms with E-state index in [0.29, 0.717) is 35.3 Å². The summed E-state index contributed by atoms with van der Waals surface area (Å²) in [4.78, 5) is 35.0. The number of aliphatic hydroxyl groups is 1. The fourth-order valence-electron chi connectivity index (χ4n) is 10.7. The van der Waals surface area contributed by atoms with E-state index >= 15 is 8.78 Å². The van der Waals surface area contributed by atoms with E-state index in [0.717, 1.165) is 28.2 Å². The number of phenols is 1. The molecule has 0 saturated carbocycles. The predicted molar refractivity (Wildman–Crippen MR) is 208 cm³/mol. The summed E-state index contributed by atoms with van der Waals surface area (Å²) in [5.74, 6) is -18.4. The summed E-state index contributed by atoms with van der Waals surface area (Å²) in [6.07, 6.45) is -7.49. The van der Waals surface area contributed by atoms with Gasteiger partial charge in [0.25, 0.3) is 0 Å². The number of aromatic hydroxyl groups is 1. The van der Waals surface area contributed by atoms with Crippen LogP contribution in [0.4, 0.5) is 30.7 Å². The SMILES string of the molecule is COc1c(C)cc2c(c1O)[C@@H]1C3[C@@H]4SC[C@]5(NCCc6c5[nH]c5ccccc65)C(=O)OC[C@@H](c5c6c(c(C)c(OC(=O)C(F)(F)C(F)(F)C(F)(F)F)c54)OCO6)N3[C@@H](O)[C@H](C2)N1C. The van der Waals surface area contributed by atoms with Crippen LogP contribution in [0.15, 0.2) is 30.3 Å². The number of alkyl halides is 7. The number of benzene rings is 3. The highest BCUT2D eigenvalue weighted by Crippen LogP contribution is 2.65. The highest BCUT2D eigenvalue weighted by molar-refractivity contribution is 7.99. The molecule has 4 bridgehead atoms. The minimum atomic E-state index is -6.85. The zero-order chi connectivity index (χ0) is 44.9. The molecule has 2 fully saturated rings. The number of ether oxygens (including phenoxy) is 5. The third-order valence-electron chi connectivity index (χ3n) is 13.6. The fourth-order valence-corrected chi connectivity index (χ4v) is 12.4. The van der Waals surface area contributed by atoms with Gasteiger partial charge in [-0.1, -0.05) is 24.3 Å². The first kappa shape index (κ1) is 42.0. The van der Waals surface area contributed by atoms with Gasteiger partial charge < -0.3 is 38.9 Å². The van der Waals surface area contributed by atoms with E-state index < -0.39 is 90.3 Å². The lowest BCUT2D eigenvalue weighted by Gasteiger charge is -2.62. The number of aryl methyl sites for hydroxylation is 1. The Kier molecular flexibility index (Phi) is 9.35. The maximum absolute atomic E-state index is 15.3. The number of H-pyrrole nitrogens is 1. The Morgan fingerprint density at radius 2 is 1.75 bits per heavy atom. The van der Waals surface area contributed by atoms with Gasteiger partial charge in [-0.2, -0.15) is 30.7 Å². The number of phenolic OH excluding ortho intramolecular Hbond substituents is 1. The second-order valence-electron chi connectivity index (χ2n) is 16.7. The summed E-state index contributed by atoms with van der Waals surface area (Å²) >= 11 is 1.04. The number of likely N-dealkylation sites (N-methyl/N-ethyl adjacent to an activating group) is 1. The van der Waals surface area contributed by atoms with Gasteiger partial charge in [0.2, 0.25) is 6.79 Å². The second kappa shape index (κ2) is 14.0. The number of rotatable bonds is 4. The first-order valence-corrected chi connectivity index (χ1v) is 21.0. The third-order valence-corrected chi connectivity index (χ3v) is 15.1. The number of halogens is 7. The molecule has 0 radical (unpaired) electrons. The number of methoxy groups -OCH3 is 1. The van der Waals surface area contributed by atoms with Crippen molar-refractivity contribution in [2.75, 3.05) is 39.9 Å². The van der Waals surface area contributed by atoms with Gasteiger partial charge in [0.05, 0.1) is 36.2 Å². The molecule has 21 heteroatoms. The van der Waals surface area contributed by atoms with Crippen LogP contribution in [0, 0.1) is 13.8 Å².